The summed E-state index contributed by atoms with van der Waals surface area (Å²) < 4.78 is 5.06. The van der Waals surface area contributed by atoms with E-state index in [-0.39, 0.29) is 18.1 Å². The smallest absolute Gasteiger partial charge is 0.340 e. The van der Waals surface area contributed by atoms with E-state index in [1.54, 1.807) is 20.8 Å². The first kappa shape index (κ1) is 19.9. The number of rotatable bonds is 7. The molecule has 0 unspecified atom stereocenters. The fourth-order valence-electron chi connectivity index (χ4n) is 2.89. The fraction of sp³-hybridized carbons (Fsp3) is 0.300. The summed E-state index contributed by atoms with van der Waals surface area (Å²) in [7, 11) is 0. The molecule has 8 heteroatoms. The van der Waals surface area contributed by atoms with E-state index >= 15 is 0 Å². The number of carbonyl (C=O) groups excluding carboxylic acids is 2. The number of benzene rings is 1. The van der Waals surface area contributed by atoms with Gasteiger partial charge in [-0.3, -0.25) is 9.89 Å². The highest BCUT2D eigenvalue weighted by Gasteiger charge is 2.23. The number of Topliss-reactive ketones (excluding diaryl/α,β-unsaturated/α-hetero) is 1. The number of hydrogen-bond acceptors (Lipinski definition) is 6. The van der Waals surface area contributed by atoms with Gasteiger partial charge in [0.1, 0.15) is 0 Å². The number of thioether (sulfide) groups is 1. The summed E-state index contributed by atoms with van der Waals surface area (Å²) in [6.07, 6.45) is 0. The Kier molecular flexibility index (Phi) is 5.99. The van der Waals surface area contributed by atoms with Crippen molar-refractivity contribution >= 4 is 23.5 Å². The van der Waals surface area contributed by atoms with Crippen LogP contribution in [0.4, 0.5) is 0 Å². The Morgan fingerprint density at radius 2 is 1.86 bits per heavy atom. The average Bonchev–Trinajstić information content (AvgIpc) is 3.25. The lowest BCUT2D eigenvalue weighted by atomic mass is 10.1. The van der Waals surface area contributed by atoms with Gasteiger partial charge in [-0.1, -0.05) is 41.6 Å². The summed E-state index contributed by atoms with van der Waals surface area (Å²) in [6.45, 7) is 7.56. The predicted octanol–water partition coefficient (Wildman–Crippen LogP) is 3.88. The van der Waals surface area contributed by atoms with Gasteiger partial charge in [0.2, 0.25) is 5.16 Å². The van der Waals surface area contributed by atoms with Crippen LogP contribution >= 0.6 is 11.8 Å². The molecule has 2 aromatic heterocycles. The molecular weight excluding hydrogens is 376 g/mol. The summed E-state index contributed by atoms with van der Waals surface area (Å²) in [5.74, 6) is 0.278. The second-order valence-electron chi connectivity index (χ2n) is 6.39. The summed E-state index contributed by atoms with van der Waals surface area (Å²) in [4.78, 5) is 32.2. The molecule has 2 heterocycles. The number of carbonyl (C=O) groups is 2. The quantitative estimate of drug-likeness (QED) is 0.356. The van der Waals surface area contributed by atoms with Crippen molar-refractivity contribution in [2.45, 2.75) is 32.9 Å². The first-order valence-corrected chi connectivity index (χ1v) is 9.91. The van der Waals surface area contributed by atoms with Gasteiger partial charge in [0, 0.05) is 11.3 Å². The molecule has 3 aromatic rings. The highest BCUT2D eigenvalue weighted by Crippen LogP contribution is 2.23. The van der Waals surface area contributed by atoms with Crippen LogP contribution in [0, 0.1) is 20.8 Å². The molecule has 1 aromatic carbocycles. The van der Waals surface area contributed by atoms with Gasteiger partial charge in [-0.05, 0) is 33.3 Å². The molecule has 3 rings (SSSR count). The molecule has 7 nitrogen and oxygen atoms in total. The number of H-pyrrole nitrogens is 2. The number of nitrogens with one attached hydrogen (secondary N) is 2. The monoisotopic (exact) mass is 398 g/mol. The molecule has 0 amide bonds. The molecule has 0 fully saturated rings. The Labute approximate surface area is 167 Å². The van der Waals surface area contributed by atoms with Crippen LogP contribution in [0.1, 0.15) is 44.6 Å². The first-order valence-electron chi connectivity index (χ1n) is 8.92. The van der Waals surface area contributed by atoms with E-state index in [0.717, 1.165) is 5.56 Å². The topological polar surface area (TPSA) is 101 Å². The maximum Gasteiger partial charge on any atom is 0.340 e. The zero-order valence-corrected chi connectivity index (χ0v) is 17.1. The third-order valence-electron chi connectivity index (χ3n) is 4.32. The molecule has 0 atom stereocenters. The second-order valence-corrected chi connectivity index (χ2v) is 7.33. The summed E-state index contributed by atoms with van der Waals surface area (Å²) in [6, 6.07) is 7.95. The van der Waals surface area contributed by atoms with E-state index in [1.165, 1.54) is 17.3 Å². The Bertz CT molecular complexity index is 1010. The maximum absolute atomic E-state index is 12.6. The third-order valence-corrected chi connectivity index (χ3v) is 5.17. The van der Waals surface area contributed by atoms with Crippen molar-refractivity contribution in [1.82, 2.24) is 20.2 Å². The van der Waals surface area contributed by atoms with Crippen LogP contribution in [0.3, 0.4) is 0 Å². The van der Waals surface area contributed by atoms with Crippen LogP contribution in [0.25, 0.3) is 11.4 Å². The third kappa shape index (κ3) is 4.17. The highest BCUT2D eigenvalue weighted by molar-refractivity contribution is 7.99. The zero-order valence-electron chi connectivity index (χ0n) is 16.3. The van der Waals surface area contributed by atoms with Crippen molar-refractivity contribution in [1.29, 1.82) is 0 Å². The Hall–Kier alpha value is -2.87. The van der Waals surface area contributed by atoms with Crippen molar-refractivity contribution in [2.75, 3.05) is 12.4 Å². The van der Waals surface area contributed by atoms with Gasteiger partial charge in [0.15, 0.2) is 11.6 Å². The Balaban J connectivity index is 1.69. The molecular formula is C20H22N4O3S. The number of nitrogens with zero attached hydrogens (tertiary/aromatic N) is 2. The van der Waals surface area contributed by atoms with E-state index in [1.807, 2.05) is 31.2 Å². The number of aromatic amines is 2. The lowest BCUT2D eigenvalue weighted by Gasteiger charge is -2.02. The number of esters is 1. The largest absolute Gasteiger partial charge is 0.462 e. The first-order chi connectivity index (χ1) is 13.4. The van der Waals surface area contributed by atoms with Crippen molar-refractivity contribution < 1.29 is 14.3 Å². The molecule has 0 aliphatic heterocycles. The van der Waals surface area contributed by atoms with E-state index in [0.29, 0.717) is 33.5 Å². The van der Waals surface area contributed by atoms with Gasteiger partial charge in [-0.25, -0.2) is 9.78 Å². The Morgan fingerprint density at radius 3 is 2.54 bits per heavy atom. The van der Waals surface area contributed by atoms with E-state index in [4.69, 9.17) is 4.74 Å². The number of aromatic nitrogens is 4. The van der Waals surface area contributed by atoms with Crippen molar-refractivity contribution in [3.63, 3.8) is 0 Å². The molecule has 0 bridgehead atoms. The number of ether oxygens (including phenoxy) is 1. The minimum Gasteiger partial charge on any atom is -0.462 e. The predicted molar refractivity (Wildman–Crippen MR) is 108 cm³/mol. The van der Waals surface area contributed by atoms with Crippen LogP contribution in [-0.2, 0) is 4.74 Å². The van der Waals surface area contributed by atoms with Gasteiger partial charge in [-0.2, -0.15) is 0 Å². The number of aryl methyl sites for hydroxylation is 2. The molecule has 0 saturated carbocycles. The van der Waals surface area contributed by atoms with Crippen molar-refractivity contribution in [3.05, 3.63) is 52.3 Å². The molecule has 146 valence electrons. The maximum atomic E-state index is 12.6. The van der Waals surface area contributed by atoms with Crippen LogP contribution in [-0.4, -0.2) is 44.3 Å². The molecule has 0 aliphatic rings. The van der Waals surface area contributed by atoms with E-state index in [9.17, 15) is 9.59 Å². The van der Waals surface area contributed by atoms with Gasteiger partial charge in [0.25, 0.3) is 0 Å². The van der Waals surface area contributed by atoms with Crippen molar-refractivity contribution in [3.8, 4) is 11.4 Å². The SMILES string of the molecule is CCOC(=O)c1c(C)[nH]c(C(=O)CSc2n[nH]c(-c3ccc(C)cc3)n2)c1C. The molecule has 0 spiro atoms. The van der Waals surface area contributed by atoms with Gasteiger partial charge >= 0.3 is 5.97 Å². The molecule has 28 heavy (non-hydrogen) atoms. The van der Waals surface area contributed by atoms with Crippen LogP contribution in [0.5, 0.6) is 0 Å². The average molecular weight is 398 g/mol. The van der Waals surface area contributed by atoms with Gasteiger partial charge < -0.3 is 9.72 Å². The minimum atomic E-state index is -0.419. The second kappa shape index (κ2) is 8.43. The van der Waals surface area contributed by atoms with Crippen LogP contribution in [0.2, 0.25) is 0 Å². The molecule has 0 radical (unpaired) electrons. The zero-order chi connectivity index (χ0) is 20.3. The van der Waals surface area contributed by atoms with Crippen LogP contribution in [0.15, 0.2) is 29.4 Å². The van der Waals surface area contributed by atoms with Gasteiger partial charge in [0.05, 0.1) is 23.6 Å². The summed E-state index contributed by atoms with van der Waals surface area (Å²) in [5.41, 5.74) is 4.19. The molecule has 0 aliphatic carbocycles. The lowest BCUT2D eigenvalue weighted by molar-refractivity contribution is 0.0525. The normalized spacial score (nSPS) is 10.9. The van der Waals surface area contributed by atoms with Crippen molar-refractivity contribution in [2.24, 2.45) is 0 Å². The molecule has 2 N–H and O–H groups in total. The summed E-state index contributed by atoms with van der Waals surface area (Å²) in [5, 5.41) is 7.56. The number of ketones is 1. The van der Waals surface area contributed by atoms with E-state index < -0.39 is 5.97 Å². The fourth-order valence-corrected chi connectivity index (χ4v) is 3.56. The Morgan fingerprint density at radius 1 is 1.14 bits per heavy atom. The summed E-state index contributed by atoms with van der Waals surface area (Å²) >= 11 is 1.25. The standard InChI is InChI=1S/C20H22N4O3S/c1-5-27-19(26)16-12(3)17(21-13(16)4)15(25)10-28-20-22-18(23-24-20)14-8-6-11(2)7-9-14/h6-9,21H,5,10H2,1-4H3,(H,22,23,24). The number of hydrogen-bond donors (Lipinski definition) is 2. The minimum absolute atomic E-state index is 0.122. The van der Waals surface area contributed by atoms with E-state index in [2.05, 4.69) is 20.2 Å². The lowest BCUT2D eigenvalue weighted by Crippen LogP contribution is -2.08. The molecule has 0 saturated heterocycles. The highest BCUT2D eigenvalue weighted by atomic mass is 32.2. The van der Waals surface area contributed by atoms with Gasteiger partial charge in [-0.15, -0.1) is 5.10 Å². The van der Waals surface area contributed by atoms with Crippen LogP contribution < -0.4 is 0 Å².